The van der Waals surface area contributed by atoms with Crippen LogP contribution < -0.4 is 20.1 Å². The number of rotatable bonds is 7. The molecule has 0 aliphatic carbocycles. The number of aryl methyl sites for hydroxylation is 1. The Bertz CT molecular complexity index is 1570. The van der Waals surface area contributed by atoms with Crippen LogP contribution >= 0.6 is 0 Å². The van der Waals surface area contributed by atoms with Gasteiger partial charge in [-0.05, 0) is 75.3 Å². The molecule has 1 aliphatic heterocycles. The van der Waals surface area contributed by atoms with Gasteiger partial charge in [-0.1, -0.05) is 0 Å². The number of ether oxygens (including phenoxy) is 2. The fourth-order valence-corrected chi connectivity index (χ4v) is 4.32. The summed E-state index contributed by atoms with van der Waals surface area (Å²) in [5, 5.41) is 11.6. The van der Waals surface area contributed by atoms with Crippen LogP contribution in [0.2, 0.25) is 0 Å². The zero-order valence-electron chi connectivity index (χ0n) is 20.8. The standard InChI is InChI=1S/C28H26FN7O2/c1-18-2-3-19(16-31-18)36-13-10-27(35-36)38-22-5-7-26(24(29)15-22)34-28-23-14-21(4-6-25(23)32-17-33-28)37-20-8-11-30-12-9-20/h2-7,10,13-17,20,30H,8-9,11-12H2,1H3,(H,32,33,34). The molecule has 0 radical (unpaired) electrons. The number of benzene rings is 2. The minimum absolute atomic E-state index is 0.166. The van der Waals surface area contributed by atoms with E-state index in [2.05, 4.69) is 30.7 Å². The van der Waals surface area contributed by atoms with Crippen LogP contribution in [0.3, 0.4) is 0 Å². The van der Waals surface area contributed by atoms with Gasteiger partial charge in [0.05, 0.1) is 23.1 Å². The first-order valence-corrected chi connectivity index (χ1v) is 12.5. The smallest absolute Gasteiger partial charge is 0.238 e. The lowest BCUT2D eigenvalue weighted by molar-refractivity contribution is 0.162. The minimum Gasteiger partial charge on any atom is -0.490 e. The number of halogens is 1. The van der Waals surface area contributed by atoms with E-state index in [1.165, 1.54) is 12.4 Å². The first-order valence-electron chi connectivity index (χ1n) is 12.5. The molecule has 1 aliphatic rings. The van der Waals surface area contributed by atoms with E-state index >= 15 is 4.39 Å². The molecule has 0 spiro atoms. The summed E-state index contributed by atoms with van der Waals surface area (Å²) >= 11 is 0. The third-order valence-corrected chi connectivity index (χ3v) is 6.34. The summed E-state index contributed by atoms with van der Waals surface area (Å²) in [6, 6.07) is 15.8. The van der Waals surface area contributed by atoms with Gasteiger partial charge in [-0.25, -0.2) is 19.0 Å². The number of hydrogen-bond donors (Lipinski definition) is 2. The minimum atomic E-state index is -0.487. The number of pyridine rings is 1. The highest BCUT2D eigenvalue weighted by Crippen LogP contribution is 2.31. The number of anilines is 2. The van der Waals surface area contributed by atoms with Crippen molar-refractivity contribution in [1.82, 2.24) is 30.0 Å². The number of nitrogens with one attached hydrogen (secondary N) is 2. The Labute approximate surface area is 218 Å². The van der Waals surface area contributed by atoms with Crippen molar-refractivity contribution in [1.29, 1.82) is 0 Å². The maximum absolute atomic E-state index is 15.1. The Balaban J connectivity index is 1.18. The monoisotopic (exact) mass is 511 g/mol. The normalized spacial score (nSPS) is 13.9. The fourth-order valence-electron chi connectivity index (χ4n) is 4.32. The van der Waals surface area contributed by atoms with E-state index in [1.807, 2.05) is 37.3 Å². The predicted molar refractivity (Wildman–Crippen MR) is 142 cm³/mol. The molecule has 1 fully saturated rings. The molecule has 4 heterocycles. The van der Waals surface area contributed by atoms with Crippen LogP contribution in [0, 0.1) is 12.7 Å². The number of aromatic nitrogens is 5. The van der Waals surface area contributed by atoms with E-state index in [0.29, 0.717) is 17.4 Å². The highest BCUT2D eigenvalue weighted by Gasteiger charge is 2.16. The summed E-state index contributed by atoms with van der Waals surface area (Å²) in [6.45, 7) is 3.81. The Morgan fingerprint density at radius 1 is 0.974 bits per heavy atom. The molecule has 0 amide bonds. The van der Waals surface area contributed by atoms with Crippen molar-refractivity contribution in [2.75, 3.05) is 18.4 Å². The lowest BCUT2D eigenvalue weighted by atomic mass is 10.1. The van der Waals surface area contributed by atoms with Crippen LogP contribution in [-0.4, -0.2) is 43.9 Å². The van der Waals surface area contributed by atoms with Gasteiger partial charge in [0.1, 0.15) is 35.6 Å². The first kappa shape index (κ1) is 23.8. The average Bonchev–Trinajstić information content (AvgIpc) is 3.40. The molecular weight excluding hydrogens is 485 g/mol. The molecule has 0 atom stereocenters. The van der Waals surface area contributed by atoms with Crippen LogP contribution in [0.25, 0.3) is 16.6 Å². The van der Waals surface area contributed by atoms with E-state index in [0.717, 1.165) is 54.0 Å². The molecule has 5 aromatic rings. The zero-order valence-corrected chi connectivity index (χ0v) is 20.8. The largest absolute Gasteiger partial charge is 0.490 e. The second kappa shape index (κ2) is 10.4. The van der Waals surface area contributed by atoms with E-state index < -0.39 is 5.82 Å². The number of hydrogen-bond acceptors (Lipinski definition) is 8. The third-order valence-electron chi connectivity index (χ3n) is 6.34. The number of piperidine rings is 1. The molecular formula is C28H26FN7O2. The van der Waals surface area contributed by atoms with Crippen molar-refractivity contribution in [3.63, 3.8) is 0 Å². The maximum Gasteiger partial charge on any atom is 0.238 e. The van der Waals surface area contributed by atoms with Crippen molar-refractivity contribution in [3.05, 3.63) is 84.8 Å². The summed E-state index contributed by atoms with van der Waals surface area (Å²) < 4.78 is 28.7. The Hall–Kier alpha value is -4.57. The van der Waals surface area contributed by atoms with Crippen molar-refractivity contribution in [2.24, 2.45) is 0 Å². The molecule has 0 saturated carbocycles. The SMILES string of the molecule is Cc1ccc(-n2ccc(Oc3ccc(Nc4ncnc5ccc(OC6CCNCC6)cc45)c(F)c3)n2)cn1. The van der Waals surface area contributed by atoms with Gasteiger partial charge >= 0.3 is 0 Å². The van der Waals surface area contributed by atoms with Gasteiger partial charge in [-0.15, -0.1) is 5.10 Å². The average molecular weight is 512 g/mol. The van der Waals surface area contributed by atoms with Gasteiger partial charge in [0.15, 0.2) is 0 Å². The second-order valence-electron chi connectivity index (χ2n) is 9.09. The molecule has 2 N–H and O–H groups in total. The third kappa shape index (κ3) is 5.25. The lowest BCUT2D eigenvalue weighted by Gasteiger charge is -2.24. The van der Waals surface area contributed by atoms with Gasteiger partial charge in [-0.3, -0.25) is 4.98 Å². The second-order valence-corrected chi connectivity index (χ2v) is 9.09. The van der Waals surface area contributed by atoms with E-state index in [1.54, 1.807) is 35.3 Å². The molecule has 2 aromatic carbocycles. The van der Waals surface area contributed by atoms with Gasteiger partial charge < -0.3 is 20.1 Å². The summed E-state index contributed by atoms with van der Waals surface area (Å²) in [4.78, 5) is 13.0. The van der Waals surface area contributed by atoms with Crippen LogP contribution in [0.5, 0.6) is 17.4 Å². The van der Waals surface area contributed by atoms with Crippen LogP contribution in [0.15, 0.2) is 73.3 Å². The first-order chi connectivity index (χ1) is 18.6. The van der Waals surface area contributed by atoms with Crippen molar-refractivity contribution in [2.45, 2.75) is 25.9 Å². The van der Waals surface area contributed by atoms with Crippen molar-refractivity contribution >= 4 is 22.4 Å². The quantitative estimate of drug-likeness (QED) is 0.303. The van der Waals surface area contributed by atoms with Crippen LogP contribution in [-0.2, 0) is 0 Å². The van der Waals surface area contributed by atoms with Gasteiger partial charge in [-0.2, -0.15) is 0 Å². The molecule has 3 aromatic heterocycles. The molecule has 10 heteroatoms. The molecule has 38 heavy (non-hydrogen) atoms. The van der Waals surface area contributed by atoms with E-state index in [4.69, 9.17) is 9.47 Å². The summed E-state index contributed by atoms with van der Waals surface area (Å²) in [5.41, 5.74) is 2.72. The van der Waals surface area contributed by atoms with Crippen LogP contribution in [0.1, 0.15) is 18.5 Å². The molecule has 0 unspecified atom stereocenters. The summed E-state index contributed by atoms with van der Waals surface area (Å²) in [6.07, 6.45) is 7.02. The topological polar surface area (TPSA) is 99.0 Å². The summed E-state index contributed by atoms with van der Waals surface area (Å²) in [5.74, 6) is 1.41. The van der Waals surface area contributed by atoms with Crippen molar-refractivity contribution < 1.29 is 13.9 Å². The maximum atomic E-state index is 15.1. The highest BCUT2D eigenvalue weighted by atomic mass is 19.1. The van der Waals surface area contributed by atoms with Gasteiger partial charge in [0.25, 0.3) is 0 Å². The molecule has 192 valence electrons. The van der Waals surface area contributed by atoms with E-state index in [9.17, 15) is 0 Å². The predicted octanol–water partition coefficient (Wildman–Crippen LogP) is 5.32. The lowest BCUT2D eigenvalue weighted by Crippen LogP contribution is -2.34. The molecule has 6 rings (SSSR count). The Morgan fingerprint density at radius 2 is 1.84 bits per heavy atom. The zero-order chi connectivity index (χ0) is 25.9. The number of nitrogens with zero attached hydrogens (tertiary/aromatic N) is 5. The van der Waals surface area contributed by atoms with E-state index in [-0.39, 0.29) is 11.8 Å². The fraction of sp³-hybridized carbons (Fsp3) is 0.214. The summed E-state index contributed by atoms with van der Waals surface area (Å²) in [7, 11) is 0. The molecule has 1 saturated heterocycles. The molecule has 0 bridgehead atoms. The highest BCUT2D eigenvalue weighted by molar-refractivity contribution is 5.91. The Kier molecular flexibility index (Phi) is 6.53. The number of fused-ring (bicyclic) bond motifs is 1. The molecule has 9 nitrogen and oxygen atoms in total. The van der Waals surface area contributed by atoms with Gasteiger partial charge in [0, 0.05) is 29.4 Å². The van der Waals surface area contributed by atoms with Gasteiger partial charge in [0.2, 0.25) is 5.88 Å². The van der Waals surface area contributed by atoms with Crippen molar-refractivity contribution in [3.8, 4) is 23.1 Å². The Morgan fingerprint density at radius 3 is 2.66 bits per heavy atom. The van der Waals surface area contributed by atoms with Crippen LogP contribution in [0.4, 0.5) is 15.9 Å².